The summed E-state index contributed by atoms with van der Waals surface area (Å²) in [6.07, 6.45) is 1.33. The molecule has 0 saturated carbocycles. The van der Waals surface area contributed by atoms with E-state index in [1.165, 1.54) is 0 Å². The zero-order valence-corrected chi connectivity index (χ0v) is 8.97. The van der Waals surface area contributed by atoms with Gasteiger partial charge in [0.25, 0.3) is 0 Å². The molecule has 0 unspecified atom stereocenters. The number of halogens is 1. The highest BCUT2D eigenvalue weighted by Gasteiger charge is 1.99. The number of rotatable bonds is 3. The lowest BCUT2D eigenvalue weighted by molar-refractivity contribution is 0.217. The van der Waals surface area contributed by atoms with E-state index in [4.69, 9.17) is 4.74 Å². The average Bonchev–Trinajstić information content (AvgIpc) is 2.04. The maximum Gasteiger partial charge on any atom is 0.120 e. The second kappa shape index (κ2) is 4.51. The van der Waals surface area contributed by atoms with Gasteiger partial charge in [-0.3, -0.25) is 0 Å². The van der Waals surface area contributed by atoms with Gasteiger partial charge in [-0.05, 0) is 31.5 Å². The summed E-state index contributed by atoms with van der Waals surface area (Å²) >= 11 is 3.39. The Bertz CT molecular complexity index is 247. The second-order valence-corrected chi connectivity index (χ2v) is 3.71. The Morgan fingerprint density at radius 1 is 1.50 bits per heavy atom. The first-order valence-corrected chi connectivity index (χ1v) is 4.94. The Morgan fingerprint density at radius 3 is 2.83 bits per heavy atom. The van der Waals surface area contributed by atoms with E-state index >= 15 is 0 Å². The summed E-state index contributed by atoms with van der Waals surface area (Å²) in [6, 6.07) is 7.91. The van der Waals surface area contributed by atoms with Gasteiger partial charge in [-0.1, -0.05) is 28.9 Å². The molecular weight excluding hydrogens is 216 g/mol. The van der Waals surface area contributed by atoms with Gasteiger partial charge in [0, 0.05) is 4.47 Å². The summed E-state index contributed by atoms with van der Waals surface area (Å²) in [6.45, 7) is 4.18. The molecule has 1 atom stereocenters. The van der Waals surface area contributed by atoms with Gasteiger partial charge < -0.3 is 4.74 Å². The van der Waals surface area contributed by atoms with Crippen molar-refractivity contribution in [2.75, 3.05) is 0 Å². The zero-order valence-electron chi connectivity index (χ0n) is 7.38. The molecule has 0 fully saturated rings. The predicted octanol–water partition coefficient (Wildman–Crippen LogP) is 3.63. The van der Waals surface area contributed by atoms with Crippen molar-refractivity contribution < 1.29 is 4.74 Å². The van der Waals surface area contributed by atoms with E-state index in [0.29, 0.717) is 6.10 Å². The third kappa shape index (κ3) is 2.86. The van der Waals surface area contributed by atoms with Gasteiger partial charge in [-0.25, -0.2) is 0 Å². The van der Waals surface area contributed by atoms with Crippen molar-refractivity contribution in [3.63, 3.8) is 0 Å². The van der Waals surface area contributed by atoms with Crippen LogP contribution in [0.5, 0.6) is 5.75 Å². The molecule has 0 spiro atoms. The SMILES string of the molecule is CC[C@H](C)Oc1cccc(Br)c1. The summed E-state index contributed by atoms with van der Waals surface area (Å²) in [5, 5.41) is 0. The van der Waals surface area contributed by atoms with E-state index in [2.05, 4.69) is 29.8 Å². The molecule has 1 aromatic carbocycles. The average molecular weight is 229 g/mol. The number of ether oxygens (including phenoxy) is 1. The molecule has 2 heteroatoms. The molecule has 0 saturated heterocycles. The third-order valence-electron chi connectivity index (χ3n) is 1.71. The van der Waals surface area contributed by atoms with Crippen molar-refractivity contribution in [1.82, 2.24) is 0 Å². The molecule has 0 bridgehead atoms. The van der Waals surface area contributed by atoms with Crippen LogP contribution in [0.15, 0.2) is 28.7 Å². The first kappa shape index (κ1) is 9.59. The van der Waals surface area contributed by atoms with Crippen molar-refractivity contribution in [2.45, 2.75) is 26.4 Å². The Labute approximate surface area is 81.9 Å². The highest BCUT2D eigenvalue weighted by atomic mass is 79.9. The third-order valence-corrected chi connectivity index (χ3v) is 2.20. The van der Waals surface area contributed by atoms with Crippen molar-refractivity contribution >= 4 is 15.9 Å². The van der Waals surface area contributed by atoms with Gasteiger partial charge in [0.05, 0.1) is 6.10 Å². The fourth-order valence-corrected chi connectivity index (χ4v) is 1.23. The molecule has 1 nitrogen and oxygen atoms in total. The van der Waals surface area contributed by atoms with Crippen LogP contribution < -0.4 is 4.74 Å². The van der Waals surface area contributed by atoms with Crippen molar-refractivity contribution in [1.29, 1.82) is 0 Å². The zero-order chi connectivity index (χ0) is 8.97. The topological polar surface area (TPSA) is 9.23 Å². The van der Waals surface area contributed by atoms with Gasteiger partial charge in [0.15, 0.2) is 0 Å². The molecule has 1 rings (SSSR count). The lowest BCUT2D eigenvalue weighted by Gasteiger charge is -2.12. The molecule has 0 aliphatic carbocycles. The molecule has 0 radical (unpaired) electrons. The van der Waals surface area contributed by atoms with Crippen LogP contribution in [-0.4, -0.2) is 6.10 Å². The van der Waals surface area contributed by atoms with Crippen molar-refractivity contribution in [2.24, 2.45) is 0 Å². The van der Waals surface area contributed by atoms with Gasteiger partial charge >= 0.3 is 0 Å². The van der Waals surface area contributed by atoms with E-state index in [9.17, 15) is 0 Å². The van der Waals surface area contributed by atoms with Gasteiger partial charge in [-0.15, -0.1) is 0 Å². The Kier molecular flexibility index (Phi) is 3.60. The number of hydrogen-bond donors (Lipinski definition) is 0. The monoisotopic (exact) mass is 228 g/mol. The quantitative estimate of drug-likeness (QED) is 0.768. The van der Waals surface area contributed by atoms with Crippen LogP contribution in [0.2, 0.25) is 0 Å². The summed E-state index contributed by atoms with van der Waals surface area (Å²) in [7, 11) is 0. The van der Waals surface area contributed by atoms with Crippen molar-refractivity contribution in [3.8, 4) is 5.75 Å². The maximum absolute atomic E-state index is 5.61. The highest BCUT2D eigenvalue weighted by molar-refractivity contribution is 9.10. The van der Waals surface area contributed by atoms with Crippen LogP contribution >= 0.6 is 15.9 Å². The minimum Gasteiger partial charge on any atom is -0.491 e. The Morgan fingerprint density at radius 2 is 2.25 bits per heavy atom. The molecule has 0 heterocycles. The van der Waals surface area contributed by atoms with E-state index in [1.54, 1.807) is 0 Å². The van der Waals surface area contributed by atoms with Gasteiger partial charge in [0.2, 0.25) is 0 Å². The lowest BCUT2D eigenvalue weighted by atomic mass is 10.3. The second-order valence-electron chi connectivity index (χ2n) is 2.79. The molecule has 12 heavy (non-hydrogen) atoms. The predicted molar refractivity (Wildman–Crippen MR) is 54.5 cm³/mol. The van der Waals surface area contributed by atoms with Crippen LogP contribution in [0.3, 0.4) is 0 Å². The lowest BCUT2D eigenvalue weighted by Crippen LogP contribution is -2.09. The highest BCUT2D eigenvalue weighted by Crippen LogP contribution is 2.19. The smallest absolute Gasteiger partial charge is 0.120 e. The maximum atomic E-state index is 5.61. The number of benzene rings is 1. The van der Waals surface area contributed by atoms with Crippen LogP contribution in [-0.2, 0) is 0 Å². The summed E-state index contributed by atoms with van der Waals surface area (Å²) < 4.78 is 6.67. The Balaban J connectivity index is 2.63. The first-order valence-electron chi connectivity index (χ1n) is 4.14. The minimum atomic E-state index is 0.291. The molecular formula is C10H13BrO. The van der Waals surface area contributed by atoms with Gasteiger partial charge in [0.1, 0.15) is 5.75 Å². The number of hydrogen-bond acceptors (Lipinski definition) is 1. The summed E-state index contributed by atoms with van der Waals surface area (Å²) in [5.74, 6) is 0.929. The molecule has 0 aromatic heterocycles. The molecule has 0 aliphatic rings. The summed E-state index contributed by atoms with van der Waals surface area (Å²) in [4.78, 5) is 0. The molecule has 0 amide bonds. The molecule has 1 aromatic rings. The summed E-state index contributed by atoms with van der Waals surface area (Å²) in [5.41, 5.74) is 0. The first-order chi connectivity index (χ1) is 5.72. The minimum absolute atomic E-state index is 0.291. The largest absolute Gasteiger partial charge is 0.491 e. The van der Waals surface area contributed by atoms with Crippen LogP contribution in [0.4, 0.5) is 0 Å². The standard InChI is InChI=1S/C10H13BrO/c1-3-8(2)12-10-6-4-5-9(11)7-10/h4-8H,3H2,1-2H3/t8-/m0/s1. The van der Waals surface area contributed by atoms with Gasteiger partial charge in [-0.2, -0.15) is 0 Å². The van der Waals surface area contributed by atoms with Crippen LogP contribution in [0, 0.1) is 0 Å². The molecule has 66 valence electrons. The van der Waals surface area contributed by atoms with E-state index < -0.39 is 0 Å². The normalized spacial score (nSPS) is 12.6. The van der Waals surface area contributed by atoms with E-state index in [1.807, 2.05) is 24.3 Å². The van der Waals surface area contributed by atoms with Crippen molar-refractivity contribution in [3.05, 3.63) is 28.7 Å². The van der Waals surface area contributed by atoms with E-state index in [0.717, 1.165) is 16.6 Å². The van der Waals surface area contributed by atoms with Crippen LogP contribution in [0.25, 0.3) is 0 Å². The fraction of sp³-hybridized carbons (Fsp3) is 0.400. The van der Waals surface area contributed by atoms with Crippen LogP contribution in [0.1, 0.15) is 20.3 Å². The fourth-order valence-electron chi connectivity index (χ4n) is 0.856. The Hall–Kier alpha value is -0.500. The molecule has 0 N–H and O–H groups in total. The van der Waals surface area contributed by atoms with E-state index in [-0.39, 0.29) is 0 Å². The molecule has 0 aliphatic heterocycles.